The normalized spacial score (nSPS) is 12.9. The SMILES string of the molecule is Cc1ccc([N+](=O)[O-])cc1NCC(=O)Nc1cccc(C(=O)NC2CC2)c1. The molecule has 0 heterocycles. The molecule has 1 aliphatic rings. The highest BCUT2D eigenvalue weighted by molar-refractivity contribution is 5.98. The Balaban J connectivity index is 1.58. The molecule has 8 heteroatoms. The number of aryl methyl sites for hydroxylation is 1. The minimum Gasteiger partial charge on any atom is -0.376 e. The molecular formula is C19H20N4O4. The van der Waals surface area contributed by atoms with Crippen LogP contribution in [-0.4, -0.2) is 29.3 Å². The summed E-state index contributed by atoms with van der Waals surface area (Å²) in [5.41, 5.74) is 2.28. The fourth-order valence-corrected chi connectivity index (χ4v) is 2.53. The fourth-order valence-electron chi connectivity index (χ4n) is 2.53. The molecule has 8 nitrogen and oxygen atoms in total. The van der Waals surface area contributed by atoms with Gasteiger partial charge in [-0.25, -0.2) is 0 Å². The number of anilines is 2. The van der Waals surface area contributed by atoms with Gasteiger partial charge in [0.1, 0.15) is 0 Å². The zero-order valence-electron chi connectivity index (χ0n) is 14.8. The molecule has 0 spiro atoms. The first kappa shape index (κ1) is 18.4. The quantitative estimate of drug-likeness (QED) is 0.514. The highest BCUT2D eigenvalue weighted by Crippen LogP contribution is 2.22. The van der Waals surface area contributed by atoms with Crippen LogP contribution in [0.3, 0.4) is 0 Å². The summed E-state index contributed by atoms with van der Waals surface area (Å²) in [5, 5.41) is 19.4. The summed E-state index contributed by atoms with van der Waals surface area (Å²) >= 11 is 0. The first-order chi connectivity index (χ1) is 12.9. The number of hydrogen-bond acceptors (Lipinski definition) is 5. The molecule has 2 aromatic carbocycles. The Morgan fingerprint density at radius 1 is 1.19 bits per heavy atom. The van der Waals surface area contributed by atoms with Crippen LogP contribution < -0.4 is 16.0 Å². The highest BCUT2D eigenvalue weighted by Gasteiger charge is 2.23. The second-order valence-corrected chi connectivity index (χ2v) is 6.49. The first-order valence-corrected chi connectivity index (χ1v) is 8.62. The number of carbonyl (C=O) groups excluding carboxylic acids is 2. The van der Waals surface area contributed by atoms with Crippen molar-refractivity contribution in [3.63, 3.8) is 0 Å². The maximum atomic E-state index is 12.2. The summed E-state index contributed by atoms with van der Waals surface area (Å²) in [5.74, 6) is -0.473. The van der Waals surface area contributed by atoms with Gasteiger partial charge in [-0.3, -0.25) is 19.7 Å². The van der Waals surface area contributed by atoms with E-state index < -0.39 is 4.92 Å². The molecule has 3 rings (SSSR count). The summed E-state index contributed by atoms with van der Waals surface area (Å²) in [7, 11) is 0. The molecule has 2 amide bonds. The van der Waals surface area contributed by atoms with Crippen molar-refractivity contribution in [3.05, 3.63) is 63.7 Å². The molecule has 0 atom stereocenters. The van der Waals surface area contributed by atoms with Gasteiger partial charge in [0, 0.05) is 35.1 Å². The van der Waals surface area contributed by atoms with Crippen LogP contribution in [0.2, 0.25) is 0 Å². The second kappa shape index (κ2) is 7.86. The van der Waals surface area contributed by atoms with E-state index in [9.17, 15) is 19.7 Å². The lowest BCUT2D eigenvalue weighted by Crippen LogP contribution is -2.26. The van der Waals surface area contributed by atoms with Gasteiger partial charge < -0.3 is 16.0 Å². The van der Waals surface area contributed by atoms with Crippen molar-refractivity contribution < 1.29 is 14.5 Å². The summed E-state index contributed by atoms with van der Waals surface area (Å²) in [6.45, 7) is 1.74. The predicted molar refractivity (Wildman–Crippen MR) is 102 cm³/mol. The largest absolute Gasteiger partial charge is 0.376 e. The third-order valence-corrected chi connectivity index (χ3v) is 4.19. The number of hydrogen-bond donors (Lipinski definition) is 3. The van der Waals surface area contributed by atoms with Crippen molar-refractivity contribution in [2.24, 2.45) is 0 Å². The van der Waals surface area contributed by atoms with Crippen molar-refractivity contribution in [2.45, 2.75) is 25.8 Å². The Kier molecular flexibility index (Phi) is 5.35. The lowest BCUT2D eigenvalue weighted by Gasteiger charge is -2.11. The van der Waals surface area contributed by atoms with Crippen LogP contribution in [0.15, 0.2) is 42.5 Å². The Labute approximate surface area is 156 Å². The first-order valence-electron chi connectivity index (χ1n) is 8.62. The molecule has 0 aromatic heterocycles. The van der Waals surface area contributed by atoms with Crippen molar-refractivity contribution >= 4 is 28.9 Å². The van der Waals surface area contributed by atoms with Crippen molar-refractivity contribution in [1.29, 1.82) is 0 Å². The Morgan fingerprint density at radius 2 is 1.96 bits per heavy atom. The molecule has 27 heavy (non-hydrogen) atoms. The maximum absolute atomic E-state index is 12.2. The molecule has 0 radical (unpaired) electrons. The lowest BCUT2D eigenvalue weighted by molar-refractivity contribution is -0.384. The Bertz CT molecular complexity index is 893. The van der Waals surface area contributed by atoms with E-state index in [-0.39, 0.29) is 30.1 Å². The monoisotopic (exact) mass is 368 g/mol. The molecule has 2 aromatic rings. The van der Waals surface area contributed by atoms with Crippen LogP contribution in [0, 0.1) is 17.0 Å². The van der Waals surface area contributed by atoms with Gasteiger partial charge in [-0.1, -0.05) is 12.1 Å². The van der Waals surface area contributed by atoms with Crippen LogP contribution in [-0.2, 0) is 4.79 Å². The number of non-ortho nitro benzene ring substituents is 1. The van der Waals surface area contributed by atoms with Crippen LogP contribution in [0.1, 0.15) is 28.8 Å². The Morgan fingerprint density at radius 3 is 2.67 bits per heavy atom. The van der Waals surface area contributed by atoms with Gasteiger partial charge in [-0.15, -0.1) is 0 Å². The van der Waals surface area contributed by atoms with Crippen molar-refractivity contribution in [2.75, 3.05) is 17.2 Å². The minimum absolute atomic E-state index is 0.0436. The van der Waals surface area contributed by atoms with Crippen LogP contribution in [0.4, 0.5) is 17.1 Å². The maximum Gasteiger partial charge on any atom is 0.271 e. The minimum atomic E-state index is -0.483. The molecule has 0 aliphatic heterocycles. The number of carbonyl (C=O) groups is 2. The van der Waals surface area contributed by atoms with Crippen LogP contribution in [0.5, 0.6) is 0 Å². The number of amides is 2. The predicted octanol–water partition coefficient (Wildman–Crippen LogP) is 2.85. The van der Waals surface area contributed by atoms with E-state index in [4.69, 9.17) is 0 Å². The van der Waals surface area contributed by atoms with E-state index in [1.54, 1.807) is 37.3 Å². The topological polar surface area (TPSA) is 113 Å². The smallest absolute Gasteiger partial charge is 0.271 e. The summed E-state index contributed by atoms with van der Waals surface area (Å²) in [6, 6.07) is 11.4. The van der Waals surface area contributed by atoms with E-state index in [0.717, 1.165) is 18.4 Å². The summed E-state index contributed by atoms with van der Waals surface area (Å²) < 4.78 is 0. The van der Waals surface area contributed by atoms with Crippen LogP contribution >= 0.6 is 0 Å². The molecule has 1 fully saturated rings. The van der Waals surface area contributed by atoms with Gasteiger partial charge in [-0.05, 0) is 43.5 Å². The zero-order chi connectivity index (χ0) is 19.4. The molecule has 3 N–H and O–H groups in total. The number of nitrogens with one attached hydrogen (secondary N) is 3. The van der Waals surface area contributed by atoms with Crippen molar-refractivity contribution in [1.82, 2.24) is 5.32 Å². The van der Waals surface area contributed by atoms with Gasteiger partial charge in [0.15, 0.2) is 0 Å². The number of nitro benzene ring substituents is 1. The van der Waals surface area contributed by atoms with E-state index >= 15 is 0 Å². The summed E-state index contributed by atoms with van der Waals surface area (Å²) in [6.07, 6.45) is 2.01. The second-order valence-electron chi connectivity index (χ2n) is 6.49. The van der Waals surface area contributed by atoms with Gasteiger partial charge in [-0.2, -0.15) is 0 Å². The molecule has 0 unspecified atom stereocenters. The number of nitrogens with zero attached hydrogens (tertiary/aromatic N) is 1. The number of benzene rings is 2. The third kappa shape index (κ3) is 5.04. The molecule has 0 bridgehead atoms. The fraction of sp³-hybridized carbons (Fsp3) is 0.263. The molecular weight excluding hydrogens is 348 g/mol. The molecule has 140 valence electrons. The number of nitro groups is 1. The van der Waals surface area contributed by atoms with Gasteiger partial charge in [0.25, 0.3) is 11.6 Å². The molecule has 0 saturated heterocycles. The van der Waals surface area contributed by atoms with Gasteiger partial charge in [0.2, 0.25) is 5.91 Å². The molecule has 1 aliphatic carbocycles. The molecule has 1 saturated carbocycles. The average Bonchev–Trinajstić information content (AvgIpc) is 3.45. The van der Waals surface area contributed by atoms with E-state index in [2.05, 4.69) is 16.0 Å². The van der Waals surface area contributed by atoms with E-state index in [0.29, 0.717) is 16.9 Å². The number of rotatable bonds is 7. The average molecular weight is 368 g/mol. The van der Waals surface area contributed by atoms with Gasteiger partial charge >= 0.3 is 0 Å². The standard InChI is InChI=1S/C19H20N4O4/c1-12-5-8-16(23(26)27)10-17(12)20-11-18(24)21-15-4-2-3-13(9-15)19(25)22-14-6-7-14/h2-5,8-10,14,20H,6-7,11H2,1H3,(H,21,24)(H,22,25). The third-order valence-electron chi connectivity index (χ3n) is 4.19. The summed E-state index contributed by atoms with van der Waals surface area (Å²) in [4.78, 5) is 34.6. The van der Waals surface area contributed by atoms with Crippen molar-refractivity contribution in [3.8, 4) is 0 Å². The van der Waals surface area contributed by atoms with E-state index in [1.807, 2.05) is 0 Å². The Hall–Kier alpha value is -3.42. The lowest BCUT2D eigenvalue weighted by atomic mass is 10.1. The van der Waals surface area contributed by atoms with Crippen LogP contribution in [0.25, 0.3) is 0 Å². The zero-order valence-corrected chi connectivity index (χ0v) is 14.8. The van der Waals surface area contributed by atoms with Gasteiger partial charge in [0.05, 0.1) is 11.5 Å². The highest BCUT2D eigenvalue weighted by atomic mass is 16.6. The van der Waals surface area contributed by atoms with E-state index in [1.165, 1.54) is 12.1 Å².